The standard InChI is InChI=1S/C40H49N/c1-25(2)27(5)37-24-35-32(19-20-33(38(35)40(37,9)10)29-15-12-11-13-16-29)28(6)31-17-14-18-36-34(31)23-30(39(36,7)8)21-22-41-26(3)4/h11-22,25-26,28H,23-24H2,1-10H3/b30-21+,37-27+,41-22?. The van der Waals surface area contributed by atoms with Crippen molar-refractivity contribution in [2.45, 2.75) is 105 Å². The van der Waals surface area contributed by atoms with Gasteiger partial charge in [0, 0.05) is 29.0 Å². The van der Waals surface area contributed by atoms with Crippen LogP contribution < -0.4 is 0 Å². The molecule has 3 aromatic rings. The largest absolute Gasteiger partial charge is 0.290 e. The fraction of sp³-hybridized carbons (Fsp3) is 0.425. The summed E-state index contributed by atoms with van der Waals surface area (Å²) in [4.78, 5) is 4.64. The summed E-state index contributed by atoms with van der Waals surface area (Å²) in [7, 11) is 0. The molecule has 5 rings (SSSR count). The Morgan fingerprint density at radius 1 is 0.756 bits per heavy atom. The Morgan fingerprint density at radius 2 is 1.44 bits per heavy atom. The molecule has 0 radical (unpaired) electrons. The van der Waals surface area contributed by atoms with E-state index in [0.29, 0.717) is 17.9 Å². The van der Waals surface area contributed by atoms with E-state index in [0.717, 1.165) is 12.8 Å². The van der Waals surface area contributed by atoms with Gasteiger partial charge in [0.25, 0.3) is 0 Å². The van der Waals surface area contributed by atoms with Crippen molar-refractivity contribution in [1.82, 2.24) is 0 Å². The van der Waals surface area contributed by atoms with Gasteiger partial charge in [0.05, 0.1) is 0 Å². The average molecular weight is 544 g/mol. The zero-order valence-corrected chi connectivity index (χ0v) is 27.0. The first kappa shape index (κ1) is 29.3. The first-order chi connectivity index (χ1) is 19.4. The molecular formula is C40H49N. The van der Waals surface area contributed by atoms with Crippen molar-refractivity contribution in [3.05, 3.63) is 117 Å². The zero-order chi connectivity index (χ0) is 29.7. The molecular weight excluding hydrogens is 494 g/mol. The van der Waals surface area contributed by atoms with E-state index in [1.807, 2.05) is 6.21 Å². The zero-order valence-electron chi connectivity index (χ0n) is 27.0. The highest BCUT2D eigenvalue weighted by atomic mass is 14.7. The molecule has 1 heteroatoms. The highest BCUT2D eigenvalue weighted by Gasteiger charge is 2.41. The summed E-state index contributed by atoms with van der Waals surface area (Å²) in [6.45, 7) is 23.4. The highest BCUT2D eigenvalue weighted by Crippen LogP contribution is 2.52. The van der Waals surface area contributed by atoms with Gasteiger partial charge in [0.2, 0.25) is 0 Å². The molecule has 41 heavy (non-hydrogen) atoms. The minimum Gasteiger partial charge on any atom is -0.290 e. The van der Waals surface area contributed by atoms with Gasteiger partial charge in [-0.2, -0.15) is 0 Å². The summed E-state index contributed by atoms with van der Waals surface area (Å²) in [5, 5.41) is 0. The van der Waals surface area contributed by atoms with Gasteiger partial charge in [0.1, 0.15) is 0 Å². The predicted molar refractivity (Wildman–Crippen MR) is 179 cm³/mol. The van der Waals surface area contributed by atoms with Gasteiger partial charge in [-0.3, -0.25) is 4.99 Å². The third-order valence-electron chi connectivity index (χ3n) is 10.2. The van der Waals surface area contributed by atoms with Crippen LogP contribution in [-0.4, -0.2) is 12.3 Å². The van der Waals surface area contributed by atoms with Crippen molar-refractivity contribution < 1.29 is 0 Å². The minimum absolute atomic E-state index is 0.00310. The molecule has 214 valence electrons. The fourth-order valence-electron chi connectivity index (χ4n) is 7.48. The van der Waals surface area contributed by atoms with Crippen LogP contribution >= 0.6 is 0 Å². The van der Waals surface area contributed by atoms with Gasteiger partial charge in [-0.25, -0.2) is 0 Å². The van der Waals surface area contributed by atoms with E-state index in [2.05, 4.69) is 141 Å². The highest BCUT2D eigenvalue weighted by molar-refractivity contribution is 5.77. The van der Waals surface area contributed by atoms with Crippen molar-refractivity contribution in [3.63, 3.8) is 0 Å². The van der Waals surface area contributed by atoms with E-state index in [9.17, 15) is 0 Å². The Morgan fingerprint density at radius 3 is 2.10 bits per heavy atom. The summed E-state index contributed by atoms with van der Waals surface area (Å²) < 4.78 is 0. The summed E-state index contributed by atoms with van der Waals surface area (Å²) in [6, 6.07) is 23.2. The van der Waals surface area contributed by atoms with E-state index < -0.39 is 0 Å². The molecule has 0 bridgehead atoms. The molecule has 1 unspecified atom stereocenters. The number of fused-ring (bicyclic) bond motifs is 2. The second-order valence-corrected chi connectivity index (χ2v) is 14.0. The van der Waals surface area contributed by atoms with Crippen molar-refractivity contribution in [2.75, 3.05) is 0 Å². The number of aliphatic imine (C=N–C) groups is 1. The van der Waals surface area contributed by atoms with Crippen LogP contribution in [0.25, 0.3) is 11.1 Å². The molecule has 0 amide bonds. The van der Waals surface area contributed by atoms with Crippen LogP contribution in [0.1, 0.15) is 109 Å². The molecule has 1 atom stereocenters. The average Bonchev–Trinajstić information content (AvgIpc) is 3.36. The van der Waals surface area contributed by atoms with Crippen LogP contribution in [-0.2, 0) is 23.7 Å². The van der Waals surface area contributed by atoms with Gasteiger partial charge < -0.3 is 0 Å². The Balaban J connectivity index is 1.67. The lowest BCUT2D eigenvalue weighted by Crippen LogP contribution is -2.19. The third kappa shape index (κ3) is 5.07. The van der Waals surface area contributed by atoms with Crippen molar-refractivity contribution >= 4 is 6.21 Å². The molecule has 0 heterocycles. The first-order valence-electron chi connectivity index (χ1n) is 15.6. The van der Waals surface area contributed by atoms with Crippen LogP contribution in [0, 0.1) is 5.92 Å². The maximum absolute atomic E-state index is 4.64. The maximum Gasteiger partial charge on any atom is 0.0443 e. The van der Waals surface area contributed by atoms with E-state index in [1.54, 1.807) is 16.7 Å². The SMILES string of the molecule is C/C(=C1/Cc2c(C(C)c3cccc4c3C/C(=C\C=NC(C)C)C4(C)C)ccc(-c3ccccc3)c2C1(C)C)C(C)C. The molecule has 2 aliphatic carbocycles. The lowest BCUT2D eigenvalue weighted by Gasteiger charge is -2.28. The van der Waals surface area contributed by atoms with Crippen molar-refractivity contribution in [2.24, 2.45) is 10.9 Å². The number of benzene rings is 3. The predicted octanol–water partition coefficient (Wildman–Crippen LogP) is 10.6. The quantitative estimate of drug-likeness (QED) is 0.217. The molecule has 0 saturated heterocycles. The number of allylic oxidation sites excluding steroid dienone is 4. The Labute approximate surface area is 249 Å². The molecule has 1 nitrogen and oxygen atoms in total. The molecule has 2 aliphatic rings. The van der Waals surface area contributed by atoms with Crippen LogP contribution in [0.3, 0.4) is 0 Å². The van der Waals surface area contributed by atoms with Gasteiger partial charge in [-0.15, -0.1) is 0 Å². The molecule has 0 aliphatic heterocycles. The normalized spacial score (nSPS) is 20.2. The Bertz CT molecular complexity index is 1540. The van der Waals surface area contributed by atoms with Crippen LogP contribution in [0.4, 0.5) is 0 Å². The minimum atomic E-state index is -0.00310. The molecule has 0 fully saturated rings. The lowest BCUT2D eigenvalue weighted by molar-refractivity contribution is 0.614. The summed E-state index contributed by atoms with van der Waals surface area (Å²) in [6.07, 6.45) is 6.35. The summed E-state index contributed by atoms with van der Waals surface area (Å²) in [5.74, 6) is 0.862. The first-order valence-corrected chi connectivity index (χ1v) is 15.6. The van der Waals surface area contributed by atoms with Gasteiger partial charge in [-0.1, -0.05) is 126 Å². The Hall–Kier alpha value is -3.19. The second-order valence-electron chi connectivity index (χ2n) is 14.0. The molecule has 0 saturated carbocycles. The van der Waals surface area contributed by atoms with E-state index in [4.69, 9.17) is 0 Å². The Kier molecular flexibility index (Phi) is 7.79. The number of hydrogen-bond acceptors (Lipinski definition) is 1. The van der Waals surface area contributed by atoms with E-state index in [1.165, 1.54) is 44.5 Å². The van der Waals surface area contributed by atoms with Gasteiger partial charge >= 0.3 is 0 Å². The molecule has 0 aromatic heterocycles. The topological polar surface area (TPSA) is 12.4 Å². The lowest BCUT2D eigenvalue weighted by atomic mass is 9.75. The smallest absolute Gasteiger partial charge is 0.0443 e. The van der Waals surface area contributed by atoms with E-state index >= 15 is 0 Å². The van der Waals surface area contributed by atoms with Crippen LogP contribution in [0.2, 0.25) is 0 Å². The molecule has 3 aromatic carbocycles. The number of hydrogen-bond donors (Lipinski definition) is 0. The second kappa shape index (κ2) is 10.9. The molecule has 0 spiro atoms. The summed E-state index contributed by atoms with van der Waals surface area (Å²) >= 11 is 0. The molecule has 0 N–H and O–H groups in total. The fourth-order valence-corrected chi connectivity index (χ4v) is 7.48. The number of rotatable bonds is 6. The maximum atomic E-state index is 4.64. The van der Waals surface area contributed by atoms with Gasteiger partial charge in [0.15, 0.2) is 0 Å². The monoisotopic (exact) mass is 543 g/mol. The van der Waals surface area contributed by atoms with Crippen LogP contribution in [0.15, 0.2) is 88.5 Å². The van der Waals surface area contributed by atoms with Crippen molar-refractivity contribution in [1.29, 1.82) is 0 Å². The van der Waals surface area contributed by atoms with Crippen molar-refractivity contribution in [3.8, 4) is 11.1 Å². The number of nitrogens with zero attached hydrogens (tertiary/aromatic N) is 1. The summed E-state index contributed by atoms with van der Waals surface area (Å²) in [5.41, 5.74) is 16.4. The van der Waals surface area contributed by atoms with Crippen LogP contribution in [0.5, 0.6) is 0 Å². The van der Waals surface area contributed by atoms with Gasteiger partial charge in [-0.05, 0) is 90.1 Å². The van der Waals surface area contributed by atoms with E-state index in [-0.39, 0.29) is 10.8 Å². The third-order valence-corrected chi connectivity index (χ3v) is 10.2.